The summed E-state index contributed by atoms with van der Waals surface area (Å²) >= 11 is 12.9. The van der Waals surface area contributed by atoms with Crippen LogP contribution in [0, 0.1) is 5.82 Å². The van der Waals surface area contributed by atoms with Crippen LogP contribution in [0.15, 0.2) is 30.3 Å². The smallest absolute Gasteiger partial charge is 0.148 e. The van der Waals surface area contributed by atoms with Crippen molar-refractivity contribution in [3.05, 3.63) is 50.4 Å². The van der Waals surface area contributed by atoms with Crippen LogP contribution in [-0.4, -0.2) is 6.04 Å². The van der Waals surface area contributed by atoms with E-state index < -0.39 is 5.82 Å². The van der Waals surface area contributed by atoms with Crippen LogP contribution in [0.1, 0.15) is 17.9 Å². The normalized spacial score (nSPS) is 14.2. The van der Waals surface area contributed by atoms with Gasteiger partial charge < -0.3 is 10.5 Å². The van der Waals surface area contributed by atoms with Gasteiger partial charge in [0.25, 0.3) is 0 Å². The predicted molar refractivity (Wildman–Crippen MR) is 77.8 cm³/mol. The molecule has 102 valence electrons. The Kier molecular flexibility index (Phi) is 4.68. The molecule has 0 saturated heterocycles. The van der Waals surface area contributed by atoms with Crippen molar-refractivity contribution in [1.29, 1.82) is 0 Å². The van der Waals surface area contributed by atoms with E-state index in [1.54, 1.807) is 12.1 Å². The second-order valence-corrected chi connectivity index (χ2v) is 6.27. The number of benzene rings is 1. The van der Waals surface area contributed by atoms with E-state index in [1.165, 1.54) is 23.5 Å². The lowest BCUT2D eigenvalue weighted by atomic mass is 10.1. The maximum atomic E-state index is 13.4. The third-order valence-corrected chi connectivity index (χ3v) is 4.11. The van der Waals surface area contributed by atoms with Gasteiger partial charge in [-0.3, -0.25) is 0 Å². The Morgan fingerprint density at radius 1 is 1.26 bits per heavy atom. The van der Waals surface area contributed by atoms with Crippen molar-refractivity contribution in [2.45, 2.75) is 19.1 Å². The van der Waals surface area contributed by atoms with Gasteiger partial charge in [-0.1, -0.05) is 23.2 Å². The number of rotatable bonds is 4. The fourth-order valence-electron chi connectivity index (χ4n) is 1.60. The highest BCUT2D eigenvalue weighted by Crippen LogP contribution is 2.32. The molecule has 19 heavy (non-hydrogen) atoms. The van der Waals surface area contributed by atoms with E-state index in [1.807, 2.05) is 13.0 Å². The Hall–Kier alpha value is -0.810. The molecule has 2 atom stereocenters. The van der Waals surface area contributed by atoms with E-state index in [4.69, 9.17) is 33.7 Å². The Bertz CT molecular complexity index is 574. The summed E-state index contributed by atoms with van der Waals surface area (Å²) in [5.41, 5.74) is 5.91. The zero-order valence-corrected chi connectivity index (χ0v) is 12.4. The molecule has 2 aromatic rings. The molecule has 2 N–H and O–H groups in total. The first kappa shape index (κ1) is 14.6. The van der Waals surface area contributed by atoms with Crippen molar-refractivity contribution >= 4 is 34.5 Å². The first-order valence-corrected chi connectivity index (χ1v) is 7.17. The number of ether oxygens (including phenoxy) is 1. The molecule has 1 aromatic carbocycles. The molecule has 0 radical (unpaired) electrons. The van der Waals surface area contributed by atoms with Gasteiger partial charge >= 0.3 is 0 Å². The lowest BCUT2D eigenvalue weighted by Crippen LogP contribution is -2.28. The highest BCUT2D eigenvalue weighted by Gasteiger charge is 2.20. The van der Waals surface area contributed by atoms with Crippen LogP contribution in [0.25, 0.3) is 0 Å². The lowest BCUT2D eigenvalue weighted by Gasteiger charge is -2.21. The summed E-state index contributed by atoms with van der Waals surface area (Å²) in [5, 5.41) is 0.0591. The second-order valence-electron chi connectivity index (χ2n) is 4.12. The average molecular weight is 320 g/mol. The van der Waals surface area contributed by atoms with Gasteiger partial charge in [0.1, 0.15) is 17.7 Å². The van der Waals surface area contributed by atoms with Gasteiger partial charge in [0, 0.05) is 17.0 Å². The quantitative estimate of drug-likeness (QED) is 0.889. The number of hydrogen-bond donors (Lipinski definition) is 1. The molecule has 0 spiro atoms. The average Bonchev–Trinajstić information content (AvgIpc) is 2.76. The highest BCUT2D eigenvalue weighted by molar-refractivity contribution is 7.16. The molecule has 0 saturated carbocycles. The molecule has 0 amide bonds. The molecule has 2 unspecified atom stereocenters. The van der Waals surface area contributed by atoms with Crippen LogP contribution in [0.5, 0.6) is 5.75 Å². The van der Waals surface area contributed by atoms with Crippen LogP contribution < -0.4 is 10.5 Å². The molecular weight excluding hydrogens is 308 g/mol. The maximum Gasteiger partial charge on any atom is 0.148 e. The van der Waals surface area contributed by atoms with Crippen molar-refractivity contribution < 1.29 is 9.13 Å². The number of halogens is 3. The summed E-state index contributed by atoms with van der Waals surface area (Å²) < 4.78 is 19.8. The lowest BCUT2D eigenvalue weighted by molar-refractivity contribution is 0.183. The summed E-state index contributed by atoms with van der Waals surface area (Å²) in [6.45, 7) is 1.82. The fourth-order valence-corrected chi connectivity index (χ4v) is 2.93. The largest absolute Gasteiger partial charge is 0.483 e. The molecule has 2 nitrogen and oxygen atoms in total. The Morgan fingerprint density at radius 3 is 2.53 bits per heavy atom. The Labute approximate surface area is 124 Å². The van der Waals surface area contributed by atoms with E-state index in [9.17, 15) is 4.39 Å². The monoisotopic (exact) mass is 319 g/mol. The molecule has 0 bridgehead atoms. The molecule has 0 fully saturated rings. The summed E-state index contributed by atoms with van der Waals surface area (Å²) in [6, 6.07) is 7.68. The van der Waals surface area contributed by atoms with E-state index >= 15 is 0 Å². The molecule has 0 aliphatic rings. The Morgan fingerprint density at radius 2 is 2.00 bits per heavy atom. The summed E-state index contributed by atoms with van der Waals surface area (Å²) in [5.74, 6) is -0.138. The summed E-state index contributed by atoms with van der Waals surface area (Å²) in [6.07, 6.45) is -0.377. The summed E-state index contributed by atoms with van der Waals surface area (Å²) in [4.78, 5) is 0.898. The maximum absolute atomic E-state index is 13.4. The van der Waals surface area contributed by atoms with Gasteiger partial charge in [-0.25, -0.2) is 4.39 Å². The van der Waals surface area contributed by atoms with Gasteiger partial charge in [-0.05, 0) is 31.2 Å². The van der Waals surface area contributed by atoms with Crippen molar-refractivity contribution in [2.75, 3.05) is 0 Å². The van der Waals surface area contributed by atoms with Crippen LogP contribution in [0.3, 0.4) is 0 Å². The van der Waals surface area contributed by atoms with Crippen molar-refractivity contribution in [2.24, 2.45) is 5.73 Å². The van der Waals surface area contributed by atoms with E-state index in [-0.39, 0.29) is 17.2 Å². The molecule has 2 rings (SSSR count). The molecule has 0 aliphatic heterocycles. The zero-order chi connectivity index (χ0) is 14.0. The number of thiophene rings is 1. The van der Waals surface area contributed by atoms with Crippen molar-refractivity contribution in [1.82, 2.24) is 0 Å². The Balaban J connectivity index is 2.23. The minimum Gasteiger partial charge on any atom is -0.483 e. The third-order valence-electron chi connectivity index (χ3n) is 2.51. The molecule has 1 heterocycles. The number of nitrogens with two attached hydrogens (primary N) is 1. The van der Waals surface area contributed by atoms with Crippen LogP contribution in [-0.2, 0) is 0 Å². The first-order valence-electron chi connectivity index (χ1n) is 5.60. The van der Waals surface area contributed by atoms with Gasteiger partial charge in [0.05, 0.1) is 9.36 Å². The van der Waals surface area contributed by atoms with Gasteiger partial charge in [-0.15, -0.1) is 11.3 Å². The highest BCUT2D eigenvalue weighted by atomic mass is 35.5. The molecule has 0 aliphatic carbocycles. The molecule has 6 heteroatoms. The van der Waals surface area contributed by atoms with Crippen molar-refractivity contribution in [3.63, 3.8) is 0 Å². The van der Waals surface area contributed by atoms with Crippen LogP contribution in [0.4, 0.5) is 4.39 Å². The van der Waals surface area contributed by atoms with E-state index in [2.05, 4.69) is 0 Å². The van der Waals surface area contributed by atoms with Crippen LogP contribution in [0.2, 0.25) is 9.36 Å². The van der Waals surface area contributed by atoms with E-state index in [0.717, 1.165) is 4.88 Å². The minimum atomic E-state index is -0.521. The van der Waals surface area contributed by atoms with E-state index in [0.29, 0.717) is 10.1 Å². The van der Waals surface area contributed by atoms with Gasteiger partial charge in [0.2, 0.25) is 0 Å². The van der Waals surface area contributed by atoms with Gasteiger partial charge in [0.15, 0.2) is 0 Å². The van der Waals surface area contributed by atoms with Crippen molar-refractivity contribution in [3.8, 4) is 5.75 Å². The predicted octanol–water partition coefficient (Wildman–Crippen LogP) is 4.66. The summed E-state index contributed by atoms with van der Waals surface area (Å²) in [7, 11) is 0. The topological polar surface area (TPSA) is 35.2 Å². The third kappa shape index (κ3) is 3.60. The standard InChI is InChI=1S/C13H12Cl2FNOS/c1-7(17)13(11-4-5-12(15)19-11)18-8-2-3-9(14)10(16)6-8/h2-7,13H,17H2,1H3. The zero-order valence-electron chi connectivity index (χ0n) is 10.1. The second kappa shape index (κ2) is 6.09. The van der Waals surface area contributed by atoms with Crippen LogP contribution >= 0.6 is 34.5 Å². The molecule has 1 aromatic heterocycles. The first-order chi connectivity index (χ1) is 8.97. The molecular formula is C13H12Cl2FNOS. The fraction of sp³-hybridized carbons (Fsp3) is 0.231. The minimum absolute atomic E-state index is 0.0591. The number of hydrogen-bond acceptors (Lipinski definition) is 3. The van der Waals surface area contributed by atoms with Gasteiger partial charge in [-0.2, -0.15) is 0 Å². The SMILES string of the molecule is CC(N)C(Oc1ccc(Cl)c(F)c1)c1ccc(Cl)s1.